The molecule has 0 saturated heterocycles. The number of ether oxygens (including phenoxy) is 2. The Labute approximate surface area is 120 Å². The van der Waals surface area contributed by atoms with Crippen molar-refractivity contribution in [2.24, 2.45) is 0 Å². The second-order valence-electron chi connectivity index (χ2n) is 3.70. The van der Waals surface area contributed by atoms with Crippen LogP contribution < -0.4 is 9.47 Å². The lowest BCUT2D eigenvalue weighted by Crippen LogP contribution is -1.98. The van der Waals surface area contributed by atoms with Crippen LogP contribution in [0.1, 0.15) is 5.56 Å². The fraction of sp³-hybridized carbons (Fsp3) is 0.143. The lowest BCUT2D eigenvalue weighted by Gasteiger charge is -2.10. The van der Waals surface area contributed by atoms with E-state index in [9.17, 15) is 0 Å². The molecule has 0 aliphatic heterocycles. The van der Waals surface area contributed by atoms with Crippen LogP contribution in [0.3, 0.4) is 0 Å². The van der Waals surface area contributed by atoms with Crippen molar-refractivity contribution in [2.75, 3.05) is 7.11 Å². The van der Waals surface area contributed by atoms with Crippen LogP contribution in [0.15, 0.2) is 46.9 Å². The maximum atomic E-state index is 5.90. The molecular weight excluding hydrogens is 316 g/mol. The highest BCUT2D eigenvalue weighted by Crippen LogP contribution is 2.25. The van der Waals surface area contributed by atoms with Crippen LogP contribution in [0.2, 0.25) is 5.02 Å². The van der Waals surface area contributed by atoms with Crippen molar-refractivity contribution in [1.82, 2.24) is 0 Å². The summed E-state index contributed by atoms with van der Waals surface area (Å²) in [5.41, 5.74) is 0.979. The number of rotatable bonds is 4. The van der Waals surface area contributed by atoms with E-state index in [0.717, 1.165) is 21.5 Å². The third-order valence-corrected chi connectivity index (χ3v) is 3.16. The smallest absolute Gasteiger partial charge is 0.125 e. The van der Waals surface area contributed by atoms with Crippen molar-refractivity contribution >= 4 is 27.5 Å². The molecule has 0 amide bonds. The van der Waals surface area contributed by atoms with E-state index >= 15 is 0 Å². The normalized spacial score (nSPS) is 10.2. The molecule has 2 aromatic carbocycles. The van der Waals surface area contributed by atoms with Crippen molar-refractivity contribution < 1.29 is 9.47 Å². The maximum Gasteiger partial charge on any atom is 0.125 e. The highest BCUT2D eigenvalue weighted by atomic mass is 79.9. The molecule has 0 radical (unpaired) electrons. The number of methoxy groups -OCH3 is 1. The fourth-order valence-electron chi connectivity index (χ4n) is 1.58. The van der Waals surface area contributed by atoms with Crippen LogP contribution >= 0.6 is 27.5 Å². The number of hydrogen-bond acceptors (Lipinski definition) is 2. The molecule has 0 unspecified atom stereocenters. The number of hydrogen-bond donors (Lipinski definition) is 0. The molecule has 0 saturated carbocycles. The Morgan fingerprint density at radius 3 is 2.72 bits per heavy atom. The van der Waals surface area contributed by atoms with Gasteiger partial charge in [-0.05, 0) is 36.4 Å². The maximum absolute atomic E-state index is 5.90. The molecular formula is C14H12BrClO2. The predicted molar refractivity (Wildman–Crippen MR) is 76.5 cm³/mol. The van der Waals surface area contributed by atoms with Crippen LogP contribution in [-0.2, 0) is 6.61 Å². The number of benzene rings is 2. The molecule has 4 heteroatoms. The van der Waals surface area contributed by atoms with E-state index in [2.05, 4.69) is 15.9 Å². The van der Waals surface area contributed by atoms with Gasteiger partial charge in [-0.15, -0.1) is 0 Å². The molecule has 0 heterocycles. The second kappa shape index (κ2) is 6.12. The van der Waals surface area contributed by atoms with Crippen LogP contribution in [0.25, 0.3) is 0 Å². The molecule has 0 spiro atoms. The predicted octanol–water partition coefficient (Wildman–Crippen LogP) is 4.69. The van der Waals surface area contributed by atoms with Gasteiger partial charge in [0.25, 0.3) is 0 Å². The van der Waals surface area contributed by atoms with Gasteiger partial charge in [-0.25, -0.2) is 0 Å². The minimum absolute atomic E-state index is 0.433. The Hall–Kier alpha value is -1.19. The molecule has 0 bridgehead atoms. The van der Waals surface area contributed by atoms with Crippen molar-refractivity contribution in [3.8, 4) is 11.5 Å². The third kappa shape index (κ3) is 3.40. The topological polar surface area (TPSA) is 18.5 Å². The summed E-state index contributed by atoms with van der Waals surface area (Å²) in [5.74, 6) is 1.55. The average molecular weight is 328 g/mol. The second-order valence-corrected chi connectivity index (χ2v) is 5.05. The summed E-state index contributed by atoms with van der Waals surface area (Å²) in [6.45, 7) is 0.433. The molecule has 2 aromatic rings. The largest absolute Gasteiger partial charge is 0.496 e. The molecule has 0 aliphatic rings. The standard InChI is InChI=1S/C14H12BrClO2/c1-17-14-6-5-11(15)7-10(14)9-18-13-4-2-3-12(16)8-13/h2-8H,9H2,1H3. The van der Waals surface area contributed by atoms with E-state index in [0.29, 0.717) is 11.6 Å². The highest BCUT2D eigenvalue weighted by Gasteiger charge is 2.05. The Morgan fingerprint density at radius 1 is 1.17 bits per heavy atom. The third-order valence-electron chi connectivity index (χ3n) is 2.43. The van der Waals surface area contributed by atoms with Crippen molar-refractivity contribution in [1.29, 1.82) is 0 Å². The zero-order chi connectivity index (χ0) is 13.0. The van der Waals surface area contributed by atoms with Gasteiger partial charge in [-0.3, -0.25) is 0 Å². The van der Waals surface area contributed by atoms with Gasteiger partial charge in [0.2, 0.25) is 0 Å². The van der Waals surface area contributed by atoms with Gasteiger partial charge < -0.3 is 9.47 Å². The summed E-state index contributed by atoms with van der Waals surface area (Å²) in [4.78, 5) is 0. The van der Waals surface area contributed by atoms with Gasteiger partial charge in [0.05, 0.1) is 7.11 Å². The minimum Gasteiger partial charge on any atom is -0.496 e. The van der Waals surface area contributed by atoms with Crippen LogP contribution in [0, 0.1) is 0 Å². The Kier molecular flexibility index (Phi) is 4.50. The first kappa shape index (κ1) is 13.2. The summed E-state index contributed by atoms with van der Waals surface area (Å²) in [6.07, 6.45) is 0. The fourth-order valence-corrected chi connectivity index (χ4v) is 2.17. The Bertz CT molecular complexity index is 543. The molecule has 0 atom stereocenters. The zero-order valence-electron chi connectivity index (χ0n) is 9.82. The molecule has 0 aromatic heterocycles. The Balaban J connectivity index is 2.12. The summed E-state index contributed by atoms with van der Waals surface area (Å²) in [6, 6.07) is 13.1. The average Bonchev–Trinajstić information content (AvgIpc) is 2.37. The molecule has 2 rings (SSSR count). The first-order chi connectivity index (χ1) is 8.69. The van der Waals surface area contributed by atoms with Crippen molar-refractivity contribution in [3.05, 3.63) is 57.5 Å². The first-order valence-electron chi connectivity index (χ1n) is 5.40. The lowest BCUT2D eigenvalue weighted by atomic mass is 10.2. The summed E-state index contributed by atoms with van der Waals surface area (Å²) >= 11 is 9.33. The zero-order valence-corrected chi connectivity index (χ0v) is 12.2. The van der Waals surface area contributed by atoms with Gasteiger partial charge in [0.1, 0.15) is 18.1 Å². The van der Waals surface area contributed by atoms with E-state index < -0.39 is 0 Å². The van der Waals surface area contributed by atoms with Crippen LogP contribution in [0.5, 0.6) is 11.5 Å². The van der Waals surface area contributed by atoms with E-state index in [-0.39, 0.29) is 0 Å². The van der Waals surface area contributed by atoms with E-state index in [1.807, 2.05) is 36.4 Å². The quantitative estimate of drug-likeness (QED) is 0.811. The van der Waals surface area contributed by atoms with Gasteiger partial charge in [0, 0.05) is 15.1 Å². The van der Waals surface area contributed by atoms with Gasteiger partial charge in [-0.1, -0.05) is 33.6 Å². The van der Waals surface area contributed by atoms with E-state index in [1.54, 1.807) is 13.2 Å². The summed E-state index contributed by atoms with van der Waals surface area (Å²) in [7, 11) is 1.64. The van der Waals surface area contributed by atoms with Crippen molar-refractivity contribution in [2.45, 2.75) is 6.61 Å². The molecule has 0 aliphatic carbocycles. The molecule has 0 fully saturated rings. The van der Waals surface area contributed by atoms with Gasteiger partial charge >= 0.3 is 0 Å². The van der Waals surface area contributed by atoms with Gasteiger partial charge in [-0.2, -0.15) is 0 Å². The summed E-state index contributed by atoms with van der Waals surface area (Å²) in [5, 5.41) is 0.661. The van der Waals surface area contributed by atoms with Crippen molar-refractivity contribution in [3.63, 3.8) is 0 Å². The van der Waals surface area contributed by atoms with Crippen LogP contribution in [-0.4, -0.2) is 7.11 Å². The molecule has 94 valence electrons. The molecule has 0 N–H and O–H groups in total. The summed E-state index contributed by atoms with van der Waals surface area (Å²) < 4.78 is 12.0. The minimum atomic E-state index is 0.433. The Morgan fingerprint density at radius 2 is 2.00 bits per heavy atom. The monoisotopic (exact) mass is 326 g/mol. The SMILES string of the molecule is COc1ccc(Br)cc1COc1cccc(Cl)c1. The first-order valence-corrected chi connectivity index (χ1v) is 6.57. The van der Waals surface area contributed by atoms with Crippen LogP contribution in [0.4, 0.5) is 0 Å². The molecule has 18 heavy (non-hydrogen) atoms. The molecule has 2 nitrogen and oxygen atoms in total. The lowest BCUT2D eigenvalue weighted by molar-refractivity contribution is 0.296. The van der Waals surface area contributed by atoms with E-state index in [4.69, 9.17) is 21.1 Å². The number of halogens is 2. The van der Waals surface area contributed by atoms with E-state index in [1.165, 1.54) is 0 Å². The van der Waals surface area contributed by atoms with Gasteiger partial charge in [0.15, 0.2) is 0 Å². The highest BCUT2D eigenvalue weighted by molar-refractivity contribution is 9.10.